The maximum Gasteiger partial charge on any atom is 0.439 e. The van der Waals surface area contributed by atoms with Gasteiger partial charge in [-0.2, -0.15) is 4.31 Å². The van der Waals surface area contributed by atoms with Gasteiger partial charge in [-0.1, -0.05) is 35.5 Å². The van der Waals surface area contributed by atoms with Crippen molar-refractivity contribution in [3.05, 3.63) is 88.4 Å². The number of carbonyl (C=O) groups excluding carboxylic acids is 2. The quantitative estimate of drug-likeness (QED) is 0.181. The molecule has 3 aromatic carbocycles. The van der Waals surface area contributed by atoms with Crippen LogP contribution in [0, 0.1) is 18.8 Å². The Bertz CT molecular complexity index is 1960. The summed E-state index contributed by atoms with van der Waals surface area (Å²) < 4.78 is 32.8. The Balaban J connectivity index is 1.23. The molecule has 1 atom stereocenters. The van der Waals surface area contributed by atoms with Gasteiger partial charge in [0.25, 0.3) is 0 Å². The minimum Gasteiger partial charge on any atom is -0.344 e. The third-order valence-corrected chi connectivity index (χ3v) is 11.5. The Hall–Kier alpha value is -4.59. The van der Waals surface area contributed by atoms with Crippen LogP contribution >= 0.6 is 0 Å². The average molecular weight is 687 g/mol. The second kappa shape index (κ2) is 14.9. The van der Waals surface area contributed by atoms with Crippen molar-refractivity contribution in [1.82, 2.24) is 19.8 Å². The third-order valence-electron chi connectivity index (χ3n) is 9.64. The summed E-state index contributed by atoms with van der Waals surface area (Å²) in [6.07, 6.45) is 5.13. The Morgan fingerprint density at radius 3 is 2.41 bits per heavy atom. The van der Waals surface area contributed by atoms with Gasteiger partial charge in [0.15, 0.2) is 5.82 Å². The highest BCUT2D eigenvalue weighted by molar-refractivity contribution is 7.89. The van der Waals surface area contributed by atoms with Crippen molar-refractivity contribution in [2.75, 3.05) is 25.0 Å². The van der Waals surface area contributed by atoms with E-state index in [0.29, 0.717) is 36.8 Å². The molecule has 1 saturated heterocycles. The molecule has 1 saturated carbocycles. The van der Waals surface area contributed by atoms with Crippen LogP contribution in [0.3, 0.4) is 0 Å². The zero-order valence-electron chi connectivity index (χ0n) is 27.5. The number of amides is 2. The molecule has 0 bridgehead atoms. The highest BCUT2D eigenvalue weighted by atomic mass is 32.2. The normalized spacial score (nSPS) is 19.0. The van der Waals surface area contributed by atoms with Crippen LogP contribution < -0.4 is 22.1 Å². The number of anilines is 1. The van der Waals surface area contributed by atoms with E-state index in [4.69, 9.17) is 5.73 Å². The van der Waals surface area contributed by atoms with E-state index in [1.54, 1.807) is 36.4 Å². The molecule has 2 amide bonds. The van der Waals surface area contributed by atoms with Crippen molar-refractivity contribution < 1.29 is 22.5 Å². The lowest BCUT2D eigenvalue weighted by Crippen LogP contribution is -2.48. The molecular weight excluding hydrogens is 644 g/mol. The number of H-pyrrole nitrogens is 1. The molecule has 2 aliphatic rings. The van der Waals surface area contributed by atoms with Gasteiger partial charge in [0.1, 0.15) is 6.04 Å². The van der Waals surface area contributed by atoms with Gasteiger partial charge in [-0.3, -0.25) is 19.1 Å². The van der Waals surface area contributed by atoms with Crippen molar-refractivity contribution in [1.29, 1.82) is 0 Å². The number of hydrogen-bond donors (Lipinski definition) is 4. The molecule has 4 aromatic rings. The molecule has 12 nitrogen and oxygen atoms in total. The molecule has 0 radical (unpaired) electrons. The summed E-state index contributed by atoms with van der Waals surface area (Å²) in [7, 11) is -3.60. The van der Waals surface area contributed by atoms with Crippen LogP contribution in [-0.2, 0) is 26.0 Å². The van der Waals surface area contributed by atoms with E-state index in [1.165, 1.54) is 4.31 Å². The minimum absolute atomic E-state index is 0.159. The van der Waals surface area contributed by atoms with E-state index in [1.807, 2.05) is 37.3 Å². The van der Waals surface area contributed by atoms with E-state index in [0.717, 1.165) is 60.8 Å². The van der Waals surface area contributed by atoms with Gasteiger partial charge in [-0.15, -0.1) is 0 Å². The minimum atomic E-state index is -3.60. The monoisotopic (exact) mass is 686 g/mol. The summed E-state index contributed by atoms with van der Waals surface area (Å²) in [4.78, 5) is 41.4. The van der Waals surface area contributed by atoms with Crippen LogP contribution in [0.1, 0.15) is 49.7 Å². The number of benzene rings is 3. The number of nitrogens with two attached hydrogens (primary N) is 1. The first kappa shape index (κ1) is 34.3. The Morgan fingerprint density at radius 2 is 1.73 bits per heavy atom. The maximum absolute atomic E-state index is 13.8. The van der Waals surface area contributed by atoms with Crippen molar-refractivity contribution in [2.45, 2.75) is 62.8 Å². The number of carbonyl (C=O) groups is 2. The fourth-order valence-electron chi connectivity index (χ4n) is 6.71. The van der Waals surface area contributed by atoms with Crippen LogP contribution in [0.2, 0.25) is 0 Å². The molecule has 13 heteroatoms. The smallest absolute Gasteiger partial charge is 0.344 e. The van der Waals surface area contributed by atoms with Crippen LogP contribution in [-0.4, -0.2) is 60.4 Å². The highest BCUT2D eigenvalue weighted by Gasteiger charge is 2.30. The van der Waals surface area contributed by atoms with Gasteiger partial charge in [0, 0.05) is 36.7 Å². The van der Waals surface area contributed by atoms with E-state index < -0.39 is 21.8 Å². The van der Waals surface area contributed by atoms with Gasteiger partial charge in [-0.05, 0) is 117 Å². The second-order valence-electron chi connectivity index (χ2n) is 13.0. The zero-order chi connectivity index (χ0) is 34.5. The molecule has 49 heavy (non-hydrogen) atoms. The molecule has 5 N–H and O–H groups in total. The number of hydrogen-bond acceptors (Lipinski definition) is 8. The molecule has 2 fully saturated rings. The highest BCUT2D eigenvalue weighted by Crippen LogP contribution is 2.31. The van der Waals surface area contributed by atoms with Crippen molar-refractivity contribution in [3.63, 3.8) is 0 Å². The first-order valence-corrected chi connectivity index (χ1v) is 18.2. The summed E-state index contributed by atoms with van der Waals surface area (Å²) in [6, 6.07) is 18.7. The molecule has 0 spiro atoms. The van der Waals surface area contributed by atoms with Gasteiger partial charge in [0.2, 0.25) is 21.8 Å². The van der Waals surface area contributed by atoms with Crippen molar-refractivity contribution in [2.24, 2.45) is 17.6 Å². The number of nitrogens with zero attached hydrogens (tertiary/aromatic N) is 2. The fourth-order valence-corrected chi connectivity index (χ4v) is 8.25. The molecule has 1 aliphatic carbocycles. The largest absolute Gasteiger partial charge is 0.439 e. The molecule has 258 valence electrons. The lowest BCUT2D eigenvalue weighted by atomic mass is 9.81. The summed E-state index contributed by atoms with van der Waals surface area (Å²) in [5.41, 5.74) is 10.3. The topological polar surface area (TPSA) is 180 Å². The van der Waals surface area contributed by atoms with Crippen molar-refractivity contribution >= 4 is 27.5 Å². The van der Waals surface area contributed by atoms with Gasteiger partial charge in [0.05, 0.1) is 4.90 Å². The van der Waals surface area contributed by atoms with Crippen molar-refractivity contribution in [3.8, 4) is 22.5 Å². The standard InChI is InChI=1S/C36H42N6O6S/c1-23-7-16-30(49(46,47)42-17-2-3-18-42)21-31(23)28-6-4-5-25(19-28)20-32(39-34(43)27-10-8-24(22-37)9-11-27)35(44)38-29-14-12-26(13-15-29)33-40-36(45)48-41-33/h4-7,12-16,19,21,24,27,32H,2-3,8-11,17-18,20,22,37H2,1H3,(H,38,44)(H,39,43)(H,40,41,45). The maximum atomic E-state index is 13.8. The SMILES string of the molecule is Cc1ccc(S(=O)(=O)N2CCCC2)cc1-c1cccc(CC(NC(=O)C2CCC(CN)CC2)C(=O)Nc2ccc(-c3noc(=O)[nH]3)cc2)c1. The predicted octanol–water partition coefficient (Wildman–Crippen LogP) is 4.22. The molecule has 1 aliphatic heterocycles. The molecule has 1 aromatic heterocycles. The fraction of sp³-hybridized carbons (Fsp3) is 0.389. The summed E-state index contributed by atoms with van der Waals surface area (Å²) >= 11 is 0. The summed E-state index contributed by atoms with van der Waals surface area (Å²) in [6.45, 7) is 3.60. The molecule has 6 rings (SSSR count). The van der Waals surface area contributed by atoms with E-state index in [-0.39, 0.29) is 34.9 Å². The molecular formula is C36H42N6O6S. The van der Waals surface area contributed by atoms with E-state index in [2.05, 4.69) is 25.3 Å². The number of sulfonamides is 1. The van der Waals surface area contributed by atoms with Gasteiger partial charge >= 0.3 is 5.76 Å². The third kappa shape index (κ3) is 8.01. The Labute approximate surface area is 285 Å². The number of rotatable bonds is 11. The van der Waals surface area contributed by atoms with E-state index >= 15 is 0 Å². The summed E-state index contributed by atoms with van der Waals surface area (Å²) in [5, 5.41) is 9.64. The first-order valence-electron chi connectivity index (χ1n) is 16.8. The Kier molecular flexibility index (Phi) is 10.4. The van der Waals surface area contributed by atoms with Crippen LogP contribution in [0.4, 0.5) is 5.69 Å². The van der Waals surface area contributed by atoms with Crippen LogP contribution in [0.5, 0.6) is 0 Å². The van der Waals surface area contributed by atoms with Crippen LogP contribution in [0.25, 0.3) is 22.5 Å². The Morgan fingerprint density at radius 1 is 1.00 bits per heavy atom. The van der Waals surface area contributed by atoms with Gasteiger partial charge < -0.3 is 16.4 Å². The van der Waals surface area contributed by atoms with E-state index in [9.17, 15) is 22.8 Å². The first-order chi connectivity index (χ1) is 23.6. The van der Waals surface area contributed by atoms with Crippen LogP contribution in [0.15, 0.2) is 80.9 Å². The number of aromatic nitrogens is 2. The zero-order valence-corrected chi connectivity index (χ0v) is 28.3. The average Bonchev–Trinajstić information content (AvgIpc) is 3.82. The molecule has 1 unspecified atom stereocenters. The molecule has 2 heterocycles. The lowest BCUT2D eigenvalue weighted by molar-refractivity contribution is -0.130. The number of nitrogens with one attached hydrogen (secondary N) is 3. The predicted molar refractivity (Wildman–Crippen MR) is 186 cm³/mol. The van der Waals surface area contributed by atoms with Gasteiger partial charge in [-0.25, -0.2) is 13.2 Å². The lowest BCUT2D eigenvalue weighted by Gasteiger charge is -2.28. The number of aryl methyl sites for hydroxylation is 1. The summed E-state index contributed by atoms with van der Waals surface area (Å²) in [5.74, 6) is -0.722. The number of aromatic amines is 1. The second-order valence-corrected chi connectivity index (χ2v) is 15.0.